The second kappa shape index (κ2) is 7.95. The van der Waals surface area contributed by atoms with Crippen LogP contribution in [0.15, 0.2) is 28.7 Å². The first-order valence-corrected chi connectivity index (χ1v) is 11.2. The van der Waals surface area contributed by atoms with Gasteiger partial charge in [-0.15, -0.1) is 0 Å². The van der Waals surface area contributed by atoms with Crippen LogP contribution in [-0.4, -0.2) is 55.4 Å². The lowest BCUT2D eigenvalue weighted by Gasteiger charge is -2.33. The van der Waals surface area contributed by atoms with Crippen molar-refractivity contribution in [3.63, 3.8) is 0 Å². The first-order valence-electron chi connectivity index (χ1n) is 9.40. The SMILES string of the molecule is CC[C@H](C)N(C(=O)COC(=O)c1oc2ccccc2c1C)[C@H]1CCS(=O)(=O)C1. The van der Waals surface area contributed by atoms with Crippen LogP contribution in [0.1, 0.15) is 42.8 Å². The number of furan rings is 1. The van der Waals surface area contributed by atoms with Crippen molar-refractivity contribution in [2.75, 3.05) is 18.1 Å². The van der Waals surface area contributed by atoms with E-state index in [-0.39, 0.29) is 29.3 Å². The summed E-state index contributed by atoms with van der Waals surface area (Å²) in [7, 11) is -3.13. The molecule has 2 heterocycles. The summed E-state index contributed by atoms with van der Waals surface area (Å²) in [6.45, 7) is 5.11. The Morgan fingerprint density at radius 2 is 2.04 bits per heavy atom. The Morgan fingerprint density at radius 3 is 2.64 bits per heavy atom. The van der Waals surface area contributed by atoms with Gasteiger partial charge in [-0.2, -0.15) is 0 Å². The summed E-state index contributed by atoms with van der Waals surface area (Å²) in [5.41, 5.74) is 1.24. The molecule has 152 valence electrons. The second-order valence-corrected chi connectivity index (χ2v) is 9.47. The summed E-state index contributed by atoms with van der Waals surface area (Å²) in [5.74, 6) is -0.980. The number of esters is 1. The van der Waals surface area contributed by atoms with Gasteiger partial charge in [0.2, 0.25) is 5.76 Å². The topological polar surface area (TPSA) is 93.9 Å². The minimum Gasteiger partial charge on any atom is -0.450 e. The summed E-state index contributed by atoms with van der Waals surface area (Å²) in [5, 5.41) is 0.818. The summed E-state index contributed by atoms with van der Waals surface area (Å²) < 4.78 is 34.4. The van der Waals surface area contributed by atoms with Gasteiger partial charge in [-0.1, -0.05) is 25.1 Å². The van der Waals surface area contributed by atoms with Crippen LogP contribution in [0.2, 0.25) is 0 Å². The predicted molar refractivity (Wildman–Crippen MR) is 105 cm³/mol. The molecule has 1 aromatic heterocycles. The summed E-state index contributed by atoms with van der Waals surface area (Å²) in [6, 6.07) is 6.75. The van der Waals surface area contributed by atoms with Gasteiger partial charge in [-0.05, 0) is 32.8 Å². The Bertz CT molecular complexity index is 993. The van der Waals surface area contributed by atoms with E-state index in [1.54, 1.807) is 17.9 Å². The standard InChI is InChI=1S/C20H25NO6S/c1-4-13(2)21(15-9-10-28(24,25)12-15)18(22)11-26-20(23)19-14(3)16-7-5-6-8-17(16)27-19/h5-8,13,15H,4,9-12H2,1-3H3/t13-,15-/m0/s1. The fraction of sp³-hybridized carbons (Fsp3) is 0.500. The van der Waals surface area contributed by atoms with Gasteiger partial charge in [0.1, 0.15) is 5.58 Å². The average molecular weight is 407 g/mol. The van der Waals surface area contributed by atoms with Crippen molar-refractivity contribution in [1.82, 2.24) is 4.90 Å². The van der Waals surface area contributed by atoms with Crippen molar-refractivity contribution in [1.29, 1.82) is 0 Å². The van der Waals surface area contributed by atoms with Gasteiger partial charge in [-0.25, -0.2) is 13.2 Å². The molecule has 0 saturated carbocycles. The van der Waals surface area contributed by atoms with Crippen LogP contribution in [0.4, 0.5) is 0 Å². The Balaban J connectivity index is 1.71. The van der Waals surface area contributed by atoms with Gasteiger partial charge in [0.25, 0.3) is 5.91 Å². The molecule has 3 rings (SSSR count). The smallest absolute Gasteiger partial charge is 0.375 e. The van der Waals surface area contributed by atoms with E-state index < -0.39 is 28.3 Å². The first-order chi connectivity index (χ1) is 13.2. The van der Waals surface area contributed by atoms with Gasteiger partial charge < -0.3 is 14.1 Å². The van der Waals surface area contributed by atoms with Crippen molar-refractivity contribution < 1.29 is 27.2 Å². The molecule has 0 N–H and O–H groups in total. The Morgan fingerprint density at radius 1 is 1.32 bits per heavy atom. The molecule has 0 unspecified atom stereocenters. The Labute approximate surface area is 164 Å². The molecular formula is C20H25NO6S. The zero-order valence-electron chi connectivity index (χ0n) is 16.3. The molecule has 2 aromatic rings. The molecule has 2 atom stereocenters. The van der Waals surface area contributed by atoms with Gasteiger partial charge >= 0.3 is 5.97 Å². The summed E-state index contributed by atoms with van der Waals surface area (Å²) >= 11 is 0. The fourth-order valence-corrected chi connectivity index (χ4v) is 5.35. The number of benzene rings is 1. The van der Waals surface area contributed by atoms with Crippen LogP contribution >= 0.6 is 0 Å². The number of hydrogen-bond donors (Lipinski definition) is 0. The third-order valence-corrected chi connectivity index (χ3v) is 7.06. The van der Waals surface area contributed by atoms with Gasteiger partial charge in [0, 0.05) is 23.0 Å². The van der Waals surface area contributed by atoms with Crippen molar-refractivity contribution >= 4 is 32.7 Å². The van der Waals surface area contributed by atoms with E-state index >= 15 is 0 Å². The van der Waals surface area contributed by atoms with Crippen LogP contribution in [0.5, 0.6) is 0 Å². The number of nitrogens with zero attached hydrogens (tertiary/aromatic N) is 1. The van der Waals surface area contributed by atoms with Crippen LogP contribution < -0.4 is 0 Å². The van der Waals surface area contributed by atoms with E-state index in [1.165, 1.54) is 0 Å². The number of fused-ring (bicyclic) bond motifs is 1. The van der Waals surface area contributed by atoms with Crippen molar-refractivity contribution in [3.05, 3.63) is 35.6 Å². The number of carbonyl (C=O) groups is 2. The van der Waals surface area contributed by atoms with E-state index in [4.69, 9.17) is 9.15 Å². The van der Waals surface area contributed by atoms with Crippen LogP contribution in [0.3, 0.4) is 0 Å². The van der Waals surface area contributed by atoms with Gasteiger partial charge in [-0.3, -0.25) is 4.79 Å². The average Bonchev–Trinajstić information content (AvgIpc) is 3.19. The molecule has 0 radical (unpaired) electrons. The van der Waals surface area contributed by atoms with Crippen molar-refractivity contribution in [2.24, 2.45) is 0 Å². The Hall–Kier alpha value is -2.35. The lowest BCUT2D eigenvalue weighted by molar-refractivity contribution is -0.138. The van der Waals surface area contributed by atoms with Crippen molar-refractivity contribution in [3.8, 4) is 0 Å². The number of ether oxygens (including phenoxy) is 1. The minimum atomic E-state index is -3.13. The van der Waals surface area contributed by atoms with E-state index in [2.05, 4.69) is 0 Å². The van der Waals surface area contributed by atoms with Crippen LogP contribution in [0.25, 0.3) is 11.0 Å². The molecule has 1 aliphatic heterocycles. The number of rotatable bonds is 6. The molecule has 1 amide bonds. The number of sulfone groups is 1. The van der Waals surface area contributed by atoms with Crippen LogP contribution in [-0.2, 0) is 19.4 Å². The molecule has 1 saturated heterocycles. The predicted octanol–water partition coefficient (Wildman–Crippen LogP) is 2.71. The minimum absolute atomic E-state index is 0.0420. The highest BCUT2D eigenvalue weighted by molar-refractivity contribution is 7.91. The van der Waals surface area contributed by atoms with E-state index in [1.807, 2.05) is 32.0 Å². The highest BCUT2D eigenvalue weighted by Gasteiger charge is 2.37. The van der Waals surface area contributed by atoms with Crippen LogP contribution in [0, 0.1) is 6.92 Å². The number of carbonyl (C=O) groups excluding carboxylic acids is 2. The van der Waals surface area contributed by atoms with E-state index in [9.17, 15) is 18.0 Å². The molecule has 0 bridgehead atoms. The molecule has 7 nitrogen and oxygen atoms in total. The lowest BCUT2D eigenvalue weighted by atomic mass is 10.1. The highest BCUT2D eigenvalue weighted by Crippen LogP contribution is 2.26. The molecular weight excluding hydrogens is 382 g/mol. The summed E-state index contributed by atoms with van der Waals surface area (Å²) in [4.78, 5) is 26.8. The molecule has 1 fully saturated rings. The normalized spacial score (nSPS) is 19.5. The quantitative estimate of drug-likeness (QED) is 0.684. The lowest BCUT2D eigenvalue weighted by Crippen LogP contribution is -2.48. The van der Waals surface area contributed by atoms with Crippen molar-refractivity contribution in [2.45, 2.75) is 45.7 Å². The molecule has 0 spiro atoms. The number of amides is 1. The maximum Gasteiger partial charge on any atom is 0.375 e. The molecule has 28 heavy (non-hydrogen) atoms. The zero-order chi connectivity index (χ0) is 20.5. The monoisotopic (exact) mass is 407 g/mol. The first kappa shape index (κ1) is 20.4. The van der Waals surface area contributed by atoms with Gasteiger partial charge in [0.15, 0.2) is 16.4 Å². The molecule has 1 aromatic carbocycles. The largest absolute Gasteiger partial charge is 0.450 e. The fourth-order valence-electron chi connectivity index (χ4n) is 3.64. The van der Waals surface area contributed by atoms with Gasteiger partial charge in [0.05, 0.1) is 11.5 Å². The maximum absolute atomic E-state index is 12.8. The maximum atomic E-state index is 12.8. The third-order valence-electron chi connectivity index (χ3n) is 5.31. The summed E-state index contributed by atoms with van der Waals surface area (Å²) in [6.07, 6.45) is 1.09. The number of hydrogen-bond acceptors (Lipinski definition) is 6. The van der Waals surface area contributed by atoms with E-state index in [0.29, 0.717) is 24.0 Å². The zero-order valence-corrected chi connectivity index (χ0v) is 17.1. The molecule has 0 aliphatic carbocycles. The third kappa shape index (κ3) is 4.06. The molecule has 8 heteroatoms. The number of aryl methyl sites for hydroxylation is 1. The van der Waals surface area contributed by atoms with E-state index in [0.717, 1.165) is 5.39 Å². The molecule has 1 aliphatic rings. The second-order valence-electron chi connectivity index (χ2n) is 7.24. The number of para-hydroxylation sites is 1. The highest BCUT2D eigenvalue weighted by atomic mass is 32.2. The Kier molecular flexibility index (Phi) is 5.79.